The number of hydrogen-bond donors (Lipinski definition) is 2. The number of rotatable bonds is 4. The highest BCUT2D eigenvalue weighted by Gasteiger charge is 2.18. The van der Waals surface area contributed by atoms with Crippen molar-refractivity contribution >= 4 is 28.5 Å². The smallest absolute Gasteiger partial charge is 0.339 e. The van der Waals surface area contributed by atoms with Gasteiger partial charge in [0.25, 0.3) is 5.91 Å². The Bertz CT molecular complexity index is 1160. The maximum atomic E-state index is 12.4. The number of fused-ring (bicyclic) bond motifs is 2. The van der Waals surface area contributed by atoms with Crippen LogP contribution in [0.2, 0.25) is 0 Å². The number of carboxylic acid groups (broad SMARTS) is 1. The Morgan fingerprint density at radius 2 is 2.19 bits per heavy atom. The summed E-state index contributed by atoms with van der Waals surface area (Å²) in [6.45, 7) is 1.83. The summed E-state index contributed by atoms with van der Waals surface area (Å²) in [7, 11) is 0. The van der Waals surface area contributed by atoms with Gasteiger partial charge in [0.15, 0.2) is 5.65 Å². The van der Waals surface area contributed by atoms with E-state index in [-0.39, 0.29) is 18.0 Å². The molecule has 0 aliphatic rings. The third-order valence-corrected chi connectivity index (χ3v) is 4.11. The predicted octanol–water partition coefficient (Wildman–Crippen LogP) is 2.41. The minimum Gasteiger partial charge on any atom is -0.478 e. The van der Waals surface area contributed by atoms with Gasteiger partial charge in [-0.1, -0.05) is 12.1 Å². The lowest BCUT2D eigenvalue weighted by Gasteiger charge is -2.02. The first-order chi connectivity index (χ1) is 12.5. The van der Waals surface area contributed by atoms with E-state index in [4.69, 9.17) is 4.42 Å². The average Bonchev–Trinajstić information content (AvgIpc) is 3.23. The average molecular weight is 350 g/mol. The largest absolute Gasteiger partial charge is 0.478 e. The Morgan fingerprint density at radius 1 is 1.35 bits per heavy atom. The Hall–Kier alpha value is -3.68. The first-order valence-corrected chi connectivity index (χ1v) is 7.86. The number of aromatic nitrogens is 3. The van der Waals surface area contributed by atoms with Gasteiger partial charge in [-0.25, -0.2) is 14.3 Å². The van der Waals surface area contributed by atoms with Crippen molar-refractivity contribution in [3.63, 3.8) is 0 Å². The summed E-state index contributed by atoms with van der Waals surface area (Å²) >= 11 is 0. The Balaban J connectivity index is 1.59. The second kappa shape index (κ2) is 5.99. The van der Waals surface area contributed by atoms with E-state index >= 15 is 0 Å². The van der Waals surface area contributed by atoms with E-state index in [1.807, 2.05) is 0 Å². The van der Waals surface area contributed by atoms with Gasteiger partial charge in [-0.15, -0.1) is 0 Å². The van der Waals surface area contributed by atoms with Crippen molar-refractivity contribution in [2.45, 2.75) is 13.5 Å². The van der Waals surface area contributed by atoms with Crippen molar-refractivity contribution in [3.05, 3.63) is 65.3 Å². The maximum Gasteiger partial charge on any atom is 0.339 e. The van der Waals surface area contributed by atoms with Gasteiger partial charge >= 0.3 is 5.97 Å². The molecule has 2 N–H and O–H groups in total. The van der Waals surface area contributed by atoms with Gasteiger partial charge in [0.2, 0.25) is 0 Å². The molecule has 0 radical (unpaired) electrons. The zero-order valence-corrected chi connectivity index (χ0v) is 13.8. The van der Waals surface area contributed by atoms with Gasteiger partial charge in [-0.05, 0) is 24.6 Å². The molecule has 3 heterocycles. The standard InChI is InChI=1S/C18H14N4O4/c1-10-3-4-11-7-12(26-15(11)14(10)18(24)25)8-20-17(23)13-9-21-22-6-2-5-19-16(13)22/h2-7,9H,8H2,1H3,(H,20,23)(H,24,25). The molecule has 1 amide bonds. The monoisotopic (exact) mass is 350 g/mol. The normalized spacial score (nSPS) is 11.1. The number of carbonyl (C=O) groups excluding carboxylic acids is 1. The highest BCUT2D eigenvalue weighted by Crippen LogP contribution is 2.26. The number of carboxylic acids is 1. The molecule has 3 aromatic heterocycles. The Morgan fingerprint density at radius 3 is 3.00 bits per heavy atom. The summed E-state index contributed by atoms with van der Waals surface area (Å²) in [5.41, 5.74) is 1.86. The third-order valence-electron chi connectivity index (χ3n) is 4.11. The van der Waals surface area contributed by atoms with Gasteiger partial charge in [-0.3, -0.25) is 4.79 Å². The van der Waals surface area contributed by atoms with Crippen LogP contribution in [0.25, 0.3) is 16.6 Å². The molecule has 26 heavy (non-hydrogen) atoms. The summed E-state index contributed by atoms with van der Waals surface area (Å²) < 4.78 is 7.18. The summed E-state index contributed by atoms with van der Waals surface area (Å²) in [6, 6.07) is 6.96. The second-order valence-corrected chi connectivity index (χ2v) is 5.82. The van der Waals surface area contributed by atoms with Gasteiger partial charge < -0.3 is 14.8 Å². The zero-order chi connectivity index (χ0) is 18.3. The maximum absolute atomic E-state index is 12.4. The molecule has 130 valence electrons. The fraction of sp³-hybridized carbons (Fsp3) is 0.111. The molecule has 0 unspecified atom stereocenters. The molecule has 0 aliphatic carbocycles. The minimum atomic E-state index is -1.05. The van der Waals surface area contributed by atoms with Crippen LogP contribution in [-0.4, -0.2) is 31.6 Å². The van der Waals surface area contributed by atoms with Crippen molar-refractivity contribution < 1.29 is 19.1 Å². The fourth-order valence-corrected chi connectivity index (χ4v) is 2.86. The van der Waals surface area contributed by atoms with Crippen molar-refractivity contribution in [2.75, 3.05) is 0 Å². The van der Waals surface area contributed by atoms with Crippen LogP contribution in [0.1, 0.15) is 32.0 Å². The number of nitrogens with zero attached hydrogens (tertiary/aromatic N) is 3. The van der Waals surface area contributed by atoms with E-state index in [1.165, 1.54) is 10.7 Å². The highest BCUT2D eigenvalue weighted by molar-refractivity contribution is 6.03. The summed E-state index contributed by atoms with van der Waals surface area (Å²) in [4.78, 5) is 28.0. The summed E-state index contributed by atoms with van der Waals surface area (Å²) in [5, 5.41) is 16.9. The Kier molecular flexibility index (Phi) is 3.65. The van der Waals surface area contributed by atoms with Gasteiger partial charge in [-0.2, -0.15) is 5.10 Å². The Labute approximate surface area is 147 Å². The molecule has 4 rings (SSSR count). The van der Waals surface area contributed by atoms with Crippen molar-refractivity contribution in [2.24, 2.45) is 0 Å². The topological polar surface area (TPSA) is 110 Å². The molecule has 0 saturated carbocycles. The summed E-state index contributed by atoms with van der Waals surface area (Å²) in [6.07, 6.45) is 4.74. The minimum absolute atomic E-state index is 0.121. The van der Waals surface area contributed by atoms with Crippen molar-refractivity contribution in [3.8, 4) is 0 Å². The molecule has 0 aliphatic heterocycles. The highest BCUT2D eigenvalue weighted by atomic mass is 16.4. The first kappa shape index (κ1) is 15.8. The van der Waals surface area contributed by atoms with Crippen molar-refractivity contribution in [1.82, 2.24) is 19.9 Å². The van der Waals surface area contributed by atoms with Crippen LogP contribution in [0.15, 0.2) is 47.3 Å². The second-order valence-electron chi connectivity index (χ2n) is 5.82. The number of benzene rings is 1. The van der Waals surface area contributed by atoms with Crippen molar-refractivity contribution in [1.29, 1.82) is 0 Å². The first-order valence-electron chi connectivity index (χ1n) is 7.86. The molecule has 1 aromatic carbocycles. The lowest BCUT2D eigenvalue weighted by molar-refractivity contribution is 0.0696. The molecular formula is C18H14N4O4. The van der Waals surface area contributed by atoms with Gasteiger partial charge in [0, 0.05) is 17.8 Å². The molecule has 0 bridgehead atoms. The molecule has 0 atom stereocenters. The lowest BCUT2D eigenvalue weighted by atomic mass is 10.1. The SMILES string of the molecule is Cc1ccc2cc(CNC(=O)c3cnn4cccnc34)oc2c1C(=O)O. The quantitative estimate of drug-likeness (QED) is 0.585. The number of hydrogen-bond acceptors (Lipinski definition) is 5. The lowest BCUT2D eigenvalue weighted by Crippen LogP contribution is -2.22. The molecule has 8 nitrogen and oxygen atoms in total. The number of carbonyl (C=O) groups is 2. The molecule has 0 saturated heterocycles. The van der Waals surface area contributed by atoms with Crippen LogP contribution in [0.4, 0.5) is 0 Å². The van der Waals surface area contributed by atoms with E-state index in [9.17, 15) is 14.7 Å². The van der Waals surface area contributed by atoms with E-state index in [2.05, 4.69) is 15.4 Å². The van der Waals surface area contributed by atoms with Crippen LogP contribution in [0, 0.1) is 6.92 Å². The molecule has 8 heteroatoms. The van der Waals surface area contributed by atoms with Crippen LogP contribution in [0.3, 0.4) is 0 Å². The van der Waals surface area contributed by atoms with Crippen LogP contribution in [-0.2, 0) is 6.54 Å². The molecule has 0 spiro atoms. The molecule has 4 aromatic rings. The van der Waals surface area contributed by atoms with Gasteiger partial charge in [0.1, 0.15) is 22.5 Å². The van der Waals surface area contributed by atoms with Crippen LogP contribution < -0.4 is 5.32 Å². The number of aryl methyl sites for hydroxylation is 1. The van der Waals surface area contributed by atoms with E-state index in [0.29, 0.717) is 33.5 Å². The predicted molar refractivity (Wildman–Crippen MR) is 92.1 cm³/mol. The summed E-state index contributed by atoms with van der Waals surface area (Å²) in [5.74, 6) is -0.921. The fourth-order valence-electron chi connectivity index (χ4n) is 2.86. The molecule has 0 fully saturated rings. The van der Waals surface area contributed by atoms with Crippen LogP contribution in [0.5, 0.6) is 0 Å². The van der Waals surface area contributed by atoms with E-state index in [1.54, 1.807) is 43.6 Å². The number of furan rings is 1. The number of nitrogens with one attached hydrogen (secondary N) is 1. The van der Waals surface area contributed by atoms with E-state index in [0.717, 1.165) is 0 Å². The van der Waals surface area contributed by atoms with Crippen LogP contribution >= 0.6 is 0 Å². The van der Waals surface area contributed by atoms with Gasteiger partial charge in [0.05, 0.1) is 12.7 Å². The molecular weight excluding hydrogens is 336 g/mol. The third kappa shape index (κ3) is 2.57. The number of amides is 1. The zero-order valence-electron chi connectivity index (χ0n) is 13.8. The number of aromatic carboxylic acids is 1. The van der Waals surface area contributed by atoms with E-state index < -0.39 is 5.97 Å².